The molecule has 16 heteroatoms. The highest BCUT2D eigenvalue weighted by Gasteiger charge is 2.47. The first-order chi connectivity index (χ1) is 26.7. The molecule has 2 saturated heterocycles. The molecule has 10 nitrogen and oxygen atoms in total. The SMILES string of the molecule is C.C.C.CC(C)(C)OC(=O)N1[C@@H](c2cc(F)cc(Br)c2)COC1(C)C.CSc1cc(F)cc([C@H](N)CO)c1.CSc1cc(F)cc([C@H]2COC(C)(C)N2C(=O)OC(C)(C)C)c1. The molecule has 346 valence electrons. The van der Waals surface area contributed by atoms with Gasteiger partial charge in [-0.2, -0.15) is 0 Å². The van der Waals surface area contributed by atoms with Crippen molar-refractivity contribution < 1.29 is 46.8 Å². The van der Waals surface area contributed by atoms with Gasteiger partial charge in [0.15, 0.2) is 0 Å². The summed E-state index contributed by atoms with van der Waals surface area (Å²) in [4.78, 5) is 29.9. The van der Waals surface area contributed by atoms with Crippen molar-refractivity contribution in [1.29, 1.82) is 0 Å². The molecule has 0 saturated carbocycles. The number of hydrogen-bond donors (Lipinski definition) is 2. The van der Waals surface area contributed by atoms with Crippen molar-refractivity contribution in [3.05, 3.63) is 93.2 Å². The molecule has 3 N–H and O–H groups in total. The molecule has 2 aliphatic rings. The molecule has 2 amide bonds. The Morgan fingerprint density at radius 3 is 1.49 bits per heavy atom. The maximum Gasteiger partial charge on any atom is 0.413 e. The molecule has 0 bridgehead atoms. The molecule has 3 aromatic carbocycles. The number of thioether (sulfide) groups is 2. The number of halogens is 4. The van der Waals surface area contributed by atoms with Crippen LogP contribution in [-0.4, -0.2) is 82.1 Å². The van der Waals surface area contributed by atoms with Crippen LogP contribution < -0.4 is 5.73 Å². The van der Waals surface area contributed by atoms with Gasteiger partial charge in [0.25, 0.3) is 0 Å². The Labute approximate surface area is 379 Å². The van der Waals surface area contributed by atoms with Gasteiger partial charge in [-0.3, -0.25) is 9.80 Å². The fourth-order valence-corrected chi connectivity index (χ4v) is 7.55. The topological polar surface area (TPSA) is 124 Å². The van der Waals surface area contributed by atoms with Crippen LogP contribution in [0.5, 0.6) is 0 Å². The number of carbonyl (C=O) groups is 2. The number of benzene rings is 3. The van der Waals surface area contributed by atoms with E-state index >= 15 is 0 Å². The van der Waals surface area contributed by atoms with Crippen LogP contribution in [0.1, 0.15) is 126 Å². The van der Waals surface area contributed by atoms with Crippen molar-refractivity contribution in [2.75, 3.05) is 32.3 Å². The minimum atomic E-state index is -0.814. The van der Waals surface area contributed by atoms with Gasteiger partial charge in [-0.25, -0.2) is 22.8 Å². The third kappa shape index (κ3) is 16.9. The van der Waals surface area contributed by atoms with Crippen molar-refractivity contribution >= 4 is 51.6 Å². The second-order valence-corrected chi connectivity index (χ2v) is 19.3. The Bertz CT molecular complexity index is 1870. The fraction of sp³-hybridized carbons (Fsp3) is 0.556. The van der Waals surface area contributed by atoms with Crippen LogP contribution in [-0.2, 0) is 18.9 Å². The molecule has 61 heavy (non-hydrogen) atoms. The van der Waals surface area contributed by atoms with Crippen LogP contribution in [0.4, 0.5) is 22.8 Å². The quantitative estimate of drug-likeness (QED) is 0.231. The summed E-state index contributed by atoms with van der Waals surface area (Å²) in [6.07, 6.45) is 2.82. The van der Waals surface area contributed by atoms with Crippen LogP contribution >= 0.6 is 39.5 Å². The maximum atomic E-state index is 13.9. The molecule has 5 rings (SSSR count). The molecule has 0 aromatic heterocycles. The van der Waals surface area contributed by atoms with E-state index in [0.29, 0.717) is 34.4 Å². The third-order valence-corrected chi connectivity index (χ3v) is 10.6. The Kier molecular flexibility index (Phi) is 22.5. The van der Waals surface area contributed by atoms with Crippen molar-refractivity contribution in [2.45, 2.75) is 142 Å². The maximum absolute atomic E-state index is 13.9. The van der Waals surface area contributed by atoms with Gasteiger partial charge in [-0.15, -0.1) is 23.5 Å². The van der Waals surface area contributed by atoms with Gasteiger partial charge in [-0.1, -0.05) is 38.2 Å². The van der Waals surface area contributed by atoms with Crippen molar-refractivity contribution in [1.82, 2.24) is 9.80 Å². The normalized spacial score (nSPS) is 18.1. The molecule has 0 spiro atoms. The zero-order chi connectivity index (χ0) is 44.0. The van der Waals surface area contributed by atoms with E-state index in [1.807, 2.05) is 74.0 Å². The van der Waals surface area contributed by atoms with Crippen LogP contribution in [0.2, 0.25) is 0 Å². The summed E-state index contributed by atoms with van der Waals surface area (Å²) in [7, 11) is 0. The van der Waals surface area contributed by atoms with E-state index in [4.69, 9.17) is 29.8 Å². The van der Waals surface area contributed by atoms with E-state index < -0.39 is 46.9 Å². The summed E-state index contributed by atoms with van der Waals surface area (Å²) in [5, 5.41) is 8.79. The van der Waals surface area contributed by atoms with Crippen molar-refractivity contribution in [2.24, 2.45) is 5.73 Å². The first-order valence-corrected chi connectivity index (χ1v) is 21.8. The summed E-state index contributed by atoms with van der Waals surface area (Å²) in [6.45, 7) is 18.5. The number of aliphatic hydroxyl groups is 1. The van der Waals surface area contributed by atoms with E-state index in [1.54, 1.807) is 30.9 Å². The van der Waals surface area contributed by atoms with E-state index in [2.05, 4.69) is 15.9 Å². The van der Waals surface area contributed by atoms with E-state index in [9.17, 15) is 22.8 Å². The second kappa shape index (κ2) is 23.6. The first-order valence-electron chi connectivity index (χ1n) is 18.5. The van der Waals surface area contributed by atoms with Crippen LogP contribution in [0.15, 0.2) is 68.9 Å². The average Bonchev–Trinajstić information content (AvgIpc) is 3.60. The third-order valence-electron chi connectivity index (χ3n) is 8.69. The Morgan fingerprint density at radius 1 is 0.738 bits per heavy atom. The zero-order valence-electron chi connectivity index (χ0n) is 35.2. The molecule has 0 radical (unpaired) electrons. The number of ether oxygens (including phenoxy) is 4. The highest BCUT2D eigenvalue weighted by Crippen LogP contribution is 2.40. The van der Waals surface area contributed by atoms with Crippen LogP contribution in [0.25, 0.3) is 0 Å². The molecule has 0 unspecified atom stereocenters. The molecule has 3 atom stereocenters. The predicted octanol–water partition coefficient (Wildman–Crippen LogP) is 12.7. The number of amides is 2. The lowest BCUT2D eigenvalue weighted by atomic mass is 10.1. The van der Waals surface area contributed by atoms with Gasteiger partial charge in [0, 0.05) is 14.3 Å². The number of rotatable bonds is 6. The number of hydrogen-bond acceptors (Lipinski definition) is 10. The van der Waals surface area contributed by atoms with Crippen LogP contribution in [0, 0.1) is 17.5 Å². The summed E-state index contributed by atoms with van der Waals surface area (Å²) in [6, 6.07) is 12.7. The van der Waals surface area contributed by atoms with E-state index in [0.717, 1.165) is 9.79 Å². The fourth-order valence-electron chi connectivity index (χ4n) is 6.10. The number of carbonyl (C=O) groups excluding carboxylic acids is 2. The Hall–Kier alpha value is -2.99. The Balaban J connectivity index is 0.000000895. The Morgan fingerprint density at radius 2 is 1.11 bits per heavy atom. The zero-order valence-corrected chi connectivity index (χ0v) is 38.5. The van der Waals surface area contributed by atoms with E-state index in [1.165, 1.54) is 64.8 Å². The second-order valence-electron chi connectivity index (χ2n) is 16.6. The molecule has 3 aromatic rings. The molecule has 0 aliphatic carbocycles. The number of nitrogens with two attached hydrogens (primary N) is 1. The molecule has 2 fully saturated rings. The summed E-state index contributed by atoms with van der Waals surface area (Å²) in [5.74, 6) is -0.996. The van der Waals surface area contributed by atoms with Crippen molar-refractivity contribution in [3.63, 3.8) is 0 Å². The van der Waals surface area contributed by atoms with E-state index in [-0.39, 0.29) is 52.4 Å². The lowest BCUT2D eigenvalue weighted by Crippen LogP contribution is -2.47. The lowest BCUT2D eigenvalue weighted by molar-refractivity contribution is -0.0637. The average molecular weight is 965 g/mol. The van der Waals surface area contributed by atoms with Crippen molar-refractivity contribution in [3.8, 4) is 0 Å². The number of aliphatic hydroxyl groups excluding tert-OH is 1. The smallest absolute Gasteiger partial charge is 0.413 e. The van der Waals surface area contributed by atoms with Gasteiger partial charge in [0.1, 0.15) is 40.1 Å². The highest BCUT2D eigenvalue weighted by molar-refractivity contribution is 9.10. The standard InChI is InChI=1S/C17H24FNO3S.C16H21BrFNO3.C9H12FNOS.3CH4/c1-16(2,3)22-15(20)19-14(10-21-17(19,4)5)11-7-12(18)9-13(8-11)23-6;1-15(2,3)22-14(20)19-13(9-21-16(19,4)5)10-6-11(17)8-12(18)7-10;1-13-8-3-6(9(11)5-12)2-7(10)4-8;;;/h7-9,14H,10H2,1-6H3;6-8,13H,9H2,1-5H3;2-4,9,12H,5,11H2,1H3;3*1H4/t14-;13-;9-;;;/m111.../s1. The predicted molar refractivity (Wildman–Crippen MR) is 246 cm³/mol. The largest absolute Gasteiger partial charge is 0.444 e. The molecule has 2 aliphatic heterocycles. The molecular weight excluding hydrogens is 896 g/mol. The van der Waals surface area contributed by atoms with Gasteiger partial charge >= 0.3 is 12.2 Å². The highest BCUT2D eigenvalue weighted by atomic mass is 79.9. The molecule has 2 heterocycles. The lowest BCUT2D eigenvalue weighted by Gasteiger charge is -2.35. The van der Waals surface area contributed by atoms with Gasteiger partial charge in [0.05, 0.1) is 37.9 Å². The molecular formula is C45H69BrF3N3O7S2. The summed E-state index contributed by atoms with van der Waals surface area (Å²) >= 11 is 6.19. The minimum absolute atomic E-state index is 0. The first kappa shape index (κ1) is 58.0. The van der Waals surface area contributed by atoms with Gasteiger partial charge in [0.2, 0.25) is 0 Å². The van der Waals surface area contributed by atoms with Crippen LogP contribution in [0.3, 0.4) is 0 Å². The summed E-state index contributed by atoms with van der Waals surface area (Å²) < 4.78 is 63.6. The number of nitrogens with zero attached hydrogens (tertiary/aromatic N) is 2. The monoisotopic (exact) mass is 963 g/mol. The van der Waals surface area contributed by atoms with Gasteiger partial charge in [-0.05, 0) is 153 Å². The summed E-state index contributed by atoms with van der Waals surface area (Å²) in [5.41, 5.74) is 4.74. The minimum Gasteiger partial charge on any atom is -0.444 e. The van der Waals surface area contributed by atoms with Gasteiger partial charge < -0.3 is 29.8 Å².